The first-order valence-electron chi connectivity index (χ1n) is 7.62. The summed E-state index contributed by atoms with van der Waals surface area (Å²) in [6.45, 7) is 1.84. The summed E-state index contributed by atoms with van der Waals surface area (Å²) in [4.78, 5) is 25.2. The van der Waals surface area contributed by atoms with Gasteiger partial charge in [0, 0.05) is 23.7 Å². The lowest BCUT2D eigenvalue weighted by atomic mass is 10.1. The topological polar surface area (TPSA) is 51.1 Å². The second kappa shape index (κ2) is 6.49. The van der Waals surface area contributed by atoms with Crippen LogP contribution in [0.5, 0.6) is 0 Å². The van der Waals surface area contributed by atoms with Crippen LogP contribution in [0.25, 0.3) is 10.9 Å². The van der Waals surface area contributed by atoms with Gasteiger partial charge >= 0.3 is 0 Å². The maximum atomic E-state index is 12.6. The first-order valence-corrected chi connectivity index (χ1v) is 8.00. The van der Waals surface area contributed by atoms with Gasteiger partial charge in [-0.1, -0.05) is 41.9 Å². The van der Waals surface area contributed by atoms with E-state index in [1.807, 2.05) is 44.3 Å². The van der Waals surface area contributed by atoms with Crippen LogP contribution in [0.15, 0.2) is 59.5 Å². The van der Waals surface area contributed by atoms with Crippen molar-refractivity contribution < 1.29 is 4.79 Å². The molecule has 3 rings (SSSR count). The zero-order chi connectivity index (χ0) is 17.3. The molecule has 1 heterocycles. The number of nitrogens with one attached hydrogen (secondary N) is 1. The predicted octanol–water partition coefficient (Wildman–Crippen LogP) is 3.68. The standard InChI is InChI=1S/C19H17ClN2O2/c1-12(13-7-3-5-9-16(13)20)21-19(24)15-11-22(2)17-10-6-4-8-14(17)18(15)23/h3-12H,1-2H3,(H,21,24)/t12-/m0/s1. The van der Waals surface area contributed by atoms with Crippen LogP contribution in [0, 0.1) is 0 Å². The van der Waals surface area contributed by atoms with Crippen molar-refractivity contribution >= 4 is 28.4 Å². The molecular formula is C19H17ClN2O2. The lowest BCUT2D eigenvalue weighted by Gasteiger charge is -2.16. The number of carbonyl (C=O) groups excluding carboxylic acids is 1. The Morgan fingerprint density at radius 2 is 1.79 bits per heavy atom. The van der Waals surface area contributed by atoms with E-state index in [4.69, 9.17) is 11.6 Å². The van der Waals surface area contributed by atoms with Crippen molar-refractivity contribution in [1.29, 1.82) is 0 Å². The van der Waals surface area contributed by atoms with Gasteiger partial charge in [0.25, 0.3) is 5.91 Å². The summed E-state index contributed by atoms with van der Waals surface area (Å²) >= 11 is 6.17. The number of aromatic nitrogens is 1. The molecule has 1 atom stereocenters. The fourth-order valence-electron chi connectivity index (χ4n) is 2.78. The maximum absolute atomic E-state index is 12.6. The Balaban J connectivity index is 1.96. The number of aryl methyl sites for hydroxylation is 1. The fraction of sp³-hybridized carbons (Fsp3) is 0.158. The van der Waals surface area contributed by atoms with E-state index in [0.29, 0.717) is 10.4 Å². The van der Waals surface area contributed by atoms with Gasteiger partial charge in [0.2, 0.25) is 5.43 Å². The molecule has 0 radical (unpaired) electrons. The van der Waals surface area contributed by atoms with E-state index in [1.54, 1.807) is 29.0 Å². The van der Waals surface area contributed by atoms with Gasteiger partial charge in [-0.05, 0) is 30.7 Å². The number of pyridine rings is 1. The molecule has 1 amide bonds. The summed E-state index contributed by atoms with van der Waals surface area (Å²) in [5, 5.41) is 3.96. The molecule has 0 saturated carbocycles. The molecule has 3 aromatic rings. The molecule has 0 aliphatic rings. The third-order valence-electron chi connectivity index (χ3n) is 4.06. The molecule has 0 aliphatic carbocycles. The van der Waals surface area contributed by atoms with E-state index in [9.17, 15) is 9.59 Å². The normalized spacial score (nSPS) is 12.1. The number of carbonyl (C=O) groups is 1. The van der Waals surface area contributed by atoms with Crippen LogP contribution in [0.4, 0.5) is 0 Å². The number of halogens is 1. The van der Waals surface area contributed by atoms with Crippen molar-refractivity contribution in [2.24, 2.45) is 7.05 Å². The van der Waals surface area contributed by atoms with Crippen LogP contribution in [0.1, 0.15) is 28.9 Å². The molecule has 0 saturated heterocycles. The molecule has 122 valence electrons. The molecule has 0 bridgehead atoms. The average molecular weight is 341 g/mol. The third-order valence-corrected chi connectivity index (χ3v) is 4.40. The fourth-order valence-corrected chi connectivity index (χ4v) is 3.08. The van der Waals surface area contributed by atoms with Crippen molar-refractivity contribution in [3.63, 3.8) is 0 Å². The molecule has 1 aromatic heterocycles. The largest absolute Gasteiger partial charge is 0.350 e. The van der Waals surface area contributed by atoms with E-state index in [0.717, 1.165) is 11.1 Å². The molecule has 0 fully saturated rings. The molecule has 2 aromatic carbocycles. The van der Waals surface area contributed by atoms with E-state index >= 15 is 0 Å². The molecular weight excluding hydrogens is 324 g/mol. The van der Waals surface area contributed by atoms with Crippen molar-refractivity contribution in [2.45, 2.75) is 13.0 Å². The minimum absolute atomic E-state index is 0.120. The number of amides is 1. The molecule has 0 unspecified atom stereocenters. The van der Waals surface area contributed by atoms with Crippen LogP contribution in [-0.4, -0.2) is 10.5 Å². The average Bonchev–Trinajstić information content (AvgIpc) is 2.58. The SMILES string of the molecule is C[C@H](NC(=O)c1cn(C)c2ccccc2c1=O)c1ccccc1Cl. The van der Waals surface area contributed by atoms with Crippen molar-refractivity contribution in [3.8, 4) is 0 Å². The molecule has 24 heavy (non-hydrogen) atoms. The highest BCUT2D eigenvalue weighted by molar-refractivity contribution is 6.31. The molecule has 0 spiro atoms. The second-order valence-electron chi connectivity index (χ2n) is 5.72. The number of fused-ring (bicyclic) bond motifs is 1. The van der Waals surface area contributed by atoms with Crippen LogP contribution >= 0.6 is 11.6 Å². The van der Waals surface area contributed by atoms with Crippen LogP contribution in [0.3, 0.4) is 0 Å². The number of hydrogen-bond acceptors (Lipinski definition) is 2. The molecule has 5 heteroatoms. The van der Waals surface area contributed by atoms with E-state index in [-0.39, 0.29) is 17.0 Å². The van der Waals surface area contributed by atoms with Gasteiger partial charge in [-0.15, -0.1) is 0 Å². The third kappa shape index (κ3) is 2.93. The highest BCUT2D eigenvalue weighted by Gasteiger charge is 2.18. The zero-order valence-corrected chi connectivity index (χ0v) is 14.2. The summed E-state index contributed by atoms with van der Waals surface area (Å²) in [5.74, 6) is -0.409. The van der Waals surface area contributed by atoms with Crippen LogP contribution < -0.4 is 10.7 Å². The lowest BCUT2D eigenvalue weighted by molar-refractivity contribution is 0.0938. The minimum Gasteiger partial charge on any atom is -0.350 e. The first-order chi connectivity index (χ1) is 11.5. The van der Waals surface area contributed by atoms with Gasteiger partial charge < -0.3 is 9.88 Å². The predicted molar refractivity (Wildman–Crippen MR) is 96.5 cm³/mol. The Morgan fingerprint density at radius 3 is 2.54 bits per heavy atom. The smallest absolute Gasteiger partial charge is 0.257 e. The number of benzene rings is 2. The van der Waals surface area contributed by atoms with E-state index in [1.165, 1.54) is 0 Å². The second-order valence-corrected chi connectivity index (χ2v) is 6.12. The highest BCUT2D eigenvalue weighted by atomic mass is 35.5. The Hall–Kier alpha value is -2.59. The minimum atomic E-state index is -0.409. The Morgan fingerprint density at radius 1 is 1.12 bits per heavy atom. The summed E-state index contributed by atoms with van der Waals surface area (Å²) in [6, 6.07) is 14.2. The monoisotopic (exact) mass is 340 g/mol. The summed E-state index contributed by atoms with van der Waals surface area (Å²) in [6.07, 6.45) is 1.57. The molecule has 4 nitrogen and oxygen atoms in total. The zero-order valence-electron chi connectivity index (χ0n) is 13.4. The maximum Gasteiger partial charge on any atom is 0.257 e. The Labute approximate surface area is 144 Å². The molecule has 1 N–H and O–H groups in total. The number of hydrogen-bond donors (Lipinski definition) is 1. The van der Waals surface area contributed by atoms with Gasteiger partial charge in [0.1, 0.15) is 5.56 Å². The van der Waals surface area contributed by atoms with Gasteiger partial charge in [-0.25, -0.2) is 0 Å². The van der Waals surface area contributed by atoms with Crippen LogP contribution in [0.2, 0.25) is 5.02 Å². The van der Waals surface area contributed by atoms with Gasteiger partial charge in [-0.3, -0.25) is 9.59 Å². The van der Waals surface area contributed by atoms with Crippen LogP contribution in [-0.2, 0) is 7.05 Å². The molecule has 0 aliphatic heterocycles. The van der Waals surface area contributed by atoms with Gasteiger partial charge in [0.05, 0.1) is 11.6 Å². The first kappa shape index (κ1) is 16.3. The number of rotatable bonds is 3. The van der Waals surface area contributed by atoms with E-state index < -0.39 is 5.91 Å². The summed E-state index contributed by atoms with van der Waals surface area (Å²) in [5.41, 5.74) is 1.45. The lowest BCUT2D eigenvalue weighted by Crippen LogP contribution is -2.31. The highest BCUT2D eigenvalue weighted by Crippen LogP contribution is 2.22. The van der Waals surface area contributed by atoms with E-state index in [2.05, 4.69) is 5.32 Å². The Kier molecular flexibility index (Phi) is 4.40. The summed E-state index contributed by atoms with van der Waals surface area (Å²) < 4.78 is 1.78. The van der Waals surface area contributed by atoms with Crippen molar-refractivity contribution in [2.75, 3.05) is 0 Å². The Bertz CT molecular complexity index is 979. The summed E-state index contributed by atoms with van der Waals surface area (Å²) in [7, 11) is 1.82. The van der Waals surface area contributed by atoms with Crippen molar-refractivity contribution in [1.82, 2.24) is 9.88 Å². The quantitative estimate of drug-likeness (QED) is 0.790. The number of nitrogens with zero attached hydrogens (tertiary/aromatic N) is 1. The van der Waals surface area contributed by atoms with Crippen molar-refractivity contribution in [3.05, 3.63) is 81.1 Å². The van der Waals surface area contributed by atoms with Gasteiger partial charge in [-0.2, -0.15) is 0 Å². The number of para-hydroxylation sites is 1. The van der Waals surface area contributed by atoms with Gasteiger partial charge in [0.15, 0.2) is 0 Å².